The number of hydrogen-bond acceptors (Lipinski definition) is 6. The van der Waals surface area contributed by atoms with E-state index in [-0.39, 0.29) is 23.1 Å². The number of carbonyl (C=O) groups excluding carboxylic acids is 2. The van der Waals surface area contributed by atoms with E-state index in [0.29, 0.717) is 31.1 Å². The minimum atomic E-state index is -0.653. The fourth-order valence-corrected chi connectivity index (χ4v) is 6.45. The van der Waals surface area contributed by atoms with E-state index in [2.05, 4.69) is 37.6 Å². The van der Waals surface area contributed by atoms with E-state index in [4.69, 9.17) is 9.47 Å². The first-order valence-corrected chi connectivity index (χ1v) is 15.5. The molecule has 2 fully saturated rings. The van der Waals surface area contributed by atoms with Crippen molar-refractivity contribution in [1.82, 2.24) is 19.9 Å². The van der Waals surface area contributed by atoms with Crippen molar-refractivity contribution < 1.29 is 23.5 Å². The van der Waals surface area contributed by atoms with E-state index >= 15 is 0 Å². The molecule has 11 heteroatoms. The molecule has 1 atom stereocenters. The molecule has 0 aliphatic carbocycles. The fraction of sp³-hybridized carbons (Fsp3) is 0.500. The van der Waals surface area contributed by atoms with Crippen LogP contribution in [0, 0.1) is 26.6 Å². The molecule has 0 saturated carbocycles. The number of nitrogens with zero attached hydrogens (tertiary/aromatic N) is 4. The highest BCUT2D eigenvalue weighted by Crippen LogP contribution is 2.40. The summed E-state index contributed by atoms with van der Waals surface area (Å²) in [5, 5.41) is 11.3. The molecule has 1 N–H and O–H groups in total. The van der Waals surface area contributed by atoms with Crippen molar-refractivity contribution in [3.8, 4) is 11.3 Å². The van der Waals surface area contributed by atoms with E-state index in [1.54, 1.807) is 31.6 Å². The highest BCUT2D eigenvalue weighted by molar-refractivity contribution is 9.10. The molecule has 2 amide bonds. The first-order chi connectivity index (χ1) is 20.2. The molecule has 1 aromatic heterocycles. The van der Waals surface area contributed by atoms with Crippen LogP contribution in [-0.2, 0) is 9.47 Å². The number of hydrogen-bond donors (Lipinski definition) is 1. The maximum absolute atomic E-state index is 14.8. The second-order valence-corrected chi connectivity index (χ2v) is 13.5. The average Bonchev–Trinajstić information content (AvgIpc) is 3.42. The summed E-state index contributed by atoms with van der Waals surface area (Å²) in [5.74, 6) is -0.405. The van der Waals surface area contributed by atoms with Gasteiger partial charge in [0.25, 0.3) is 5.91 Å². The van der Waals surface area contributed by atoms with Crippen molar-refractivity contribution in [3.63, 3.8) is 0 Å². The molecule has 2 aliphatic heterocycles. The predicted molar refractivity (Wildman–Crippen MR) is 166 cm³/mol. The van der Waals surface area contributed by atoms with Gasteiger partial charge in [-0.25, -0.2) is 13.9 Å². The van der Waals surface area contributed by atoms with Crippen molar-refractivity contribution in [3.05, 3.63) is 63.0 Å². The third kappa shape index (κ3) is 6.77. The van der Waals surface area contributed by atoms with E-state index in [9.17, 15) is 14.0 Å². The smallest absolute Gasteiger partial charge is 0.412 e. The lowest BCUT2D eigenvalue weighted by Gasteiger charge is -2.46. The number of aryl methyl sites for hydroxylation is 2. The lowest BCUT2D eigenvalue weighted by atomic mass is 9.82. The maximum Gasteiger partial charge on any atom is 0.412 e. The number of amides is 2. The van der Waals surface area contributed by atoms with Gasteiger partial charge in [0.05, 0.1) is 17.8 Å². The van der Waals surface area contributed by atoms with E-state index in [1.165, 1.54) is 18.2 Å². The third-order valence-corrected chi connectivity index (χ3v) is 9.51. The molecule has 9 nitrogen and oxygen atoms in total. The van der Waals surface area contributed by atoms with Crippen molar-refractivity contribution in [2.75, 3.05) is 25.0 Å². The Kier molecular flexibility index (Phi) is 8.68. The van der Waals surface area contributed by atoms with E-state index < -0.39 is 17.5 Å². The number of anilines is 1. The minimum Gasteiger partial charge on any atom is -0.444 e. The Hall–Kier alpha value is -3.31. The Labute approximate surface area is 260 Å². The Bertz CT molecular complexity index is 1540. The molecule has 2 aliphatic rings. The monoisotopic (exact) mass is 655 g/mol. The molecule has 0 bridgehead atoms. The number of halogens is 2. The summed E-state index contributed by atoms with van der Waals surface area (Å²) >= 11 is 3.64. The summed E-state index contributed by atoms with van der Waals surface area (Å²) in [6.45, 7) is 13.1. The van der Waals surface area contributed by atoms with E-state index in [0.717, 1.165) is 52.4 Å². The summed E-state index contributed by atoms with van der Waals surface area (Å²) in [6, 6.07) is 6.38. The predicted octanol–water partition coefficient (Wildman–Crippen LogP) is 7.15. The van der Waals surface area contributed by atoms with Gasteiger partial charge in [-0.3, -0.25) is 10.1 Å². The fourth-order valence-electron chi connectivity index (χ4n) is 6.14. The van der Waals surface area contributed by atoms with Crippen LogP contribution in [0.15, 0.2) is 34.9 Å². The number of ether oxygens (including phenoxy) is 2. The van der Waals surface area contributed by atoms with Gasteiger partial charge < -0.3 is 14.4 Å². The van der Waals surface area contributed by atoms with Crippen molar-refractivity contribution in [1.29, 1.82) is 0 Å². The molecule has 1 spiro atoms. The quantitative estimate of drug-likeness (QED) is 0.321. The first kappa shape index (κ1) is 31.1. The third-order valence-electron chi connectivity index (χ3n) is 8.29. The van der Waals surface area contributed by atoms with Crippen LogP contribution in [0.2, 0.25) is 0 Å². The van der Waals surface area contributed by atoms with Gasteiger partial charge in [0.1, 0.15) is 17.1 Å². The second kappa shape index (κ2) is 12.0. The highest BCUT2D eigenvalue weighted by Gasteiger charge is 2.42. The molecule has 2 aromatic carbocycles. The van der Waals surface area contributed by atoms with Crippen molar-refractivity contribution in [2.45, 2.75) is 84.5 Å². The summed E-state index contributed by atoms with van der Waals surface area (Å²) in [5.41, 5.74) is 3.85. The van der Waals surface area contributed by atoms with Crippen LogP contribution in [0.5, 0.6) is 0 Å². The average molecular weight is 657 g/mol. The summed E-state index contributed by atoms with van der Waals surface area (Å²) in [4.78, 5) is 27.7. The molecule has 1 unspecified atom stereocenters. The number of nitrogens with one attached hydrogen (secondary N) is 1. The Morgan fingerprint density at radius 3 is 2.56 bits per heavy atom. The van der Waals surface area contributed by atoms with Crippen LogP contribution in [0.4, 0.5) is 14.9 Å². The summed E-state index contributed by atoms with van der Waals surface area (Å²) in [7, 11) is 0. The van der Waals surface area contributed by atoms with Gasteiger partial charge in [0.2, 0.25) is 0 Å². The van der Waals surface area contributed by atoms with Crippen LogP contribution in [0.1, 0.15) is 79.5 Å². The maximum atomic E-state index is 14.8. The van der Waals surface area contributed by atoms with Crippen LogP contribution in [0.25, 0.3) is 11.3 Å². The van der Waals surface area contributed by atoms with Gasteiger partial charge in [-0.05, 0) is 102 Å². The van der Waals surface area contributed by atoms with Gasteiger partial charge >= 0.3 is 6.09 Å². The Morgan fingerprint density at radius 1 is 1.14 bits per heavy atom. The standard InChI is InChI=1S/C32H39BrFN5O4/c1-19-15-20(2)28(33)21(3)27(19)29(40)38-12-10-32(11-13-38)17-23(9-14-42-32)39-18-26(36-37-39)24-16-22(7-8-25(24)34)35-30(41)43-31(4,5)6/h7-8,15-16,18,23H,9-14,17H2,1-6H3,(H,35,41). The lowest BCUT2D eigenvalue weighted by molar-refractivity contribution is -0.122. The van der Waals surface area contributed by atoms with Crippen molar-refractivity contribution >= 4 is 33.6 Å². The zero-order chi connectivity index (χ0) is 31.1. The molecule has 0 radical (unpaired) electrons. The number of likely N-dealkylation sites (tertiary alicyclic amines) is 1. The lowest BCUT2D eigenvalue weighted by Crippen LogP contribution is -2.51. The second-order valence-electron chi connectivity index (χ2n) is 12.7. The summed E-state index contributed by atoms with van der Waals surface area (Å²) in [6.07, 6.45) is 4.08. The molecular formula is C32H39BrFN5O4. The molecule has 3 heterocycles. The molecule has 230 valence electrons. The van der Waals surface area contributed by atoms with Crippen LogP contribution in [-0.4, -0.2) is 62.8 Å². The number of benzene rings is 2. The normalized spacial score (nSPS) is 18.5. The minimum absolute atomic E-state index is 0.0286. The number of piperidine rings is 1. The molecule has 43 heavy (non-hydrogen) atoms. The van der Waals surface area contributed by atoms with Crippen LogP contribution < -0.4 is 5.32 Å². The molecule has 2 saturated heterocycles. The van der Waals surface area contributed by atoms with Crippen LogP contribution in [0.3, 0.4) is 0 Å². The molecule has 5 rings (SSSR count). The van der Waals surface area contributed by atoms with Gasteiger partial charge in [-0.15, -0.1) is 5.10 Å². The molecular weight excluding hydrogens is 617 g/mol. The van der Waals surface area contributed by atoms with Gasteiger partial charge in [0, 0.05) is 41.0 Å². The SMILES string of the molecule is Cc1cc(C)c(C(=O)N2CCC3(CC2)CC(n2cc(-c4cc(NC(=O)OC(C)(C)C)ccc4F)nn2)CCO3)c(C)c1Br. The van der Waals surface area contributed by atoms with Gasteiger partial charge in [-0.1, -0.05) is 27.2 Å². The number of carbonyl (C=O) groups is 2. The highest BCUT2D eigenvalue weighted by atomic mass is 79.9. The van der Waals surface area contributed by atoms with Crippen molar-refractivity contribution in [2.24, 2.45) is 0 Å². The largest absolute Gasteiger partial charge is 0.444 e. The Balaban J connectivity index is 1.26. The number of rotatable bonds is 4. The van der Waals surface area contributed by atoms with E-state index in [1.807, 2.05) is 25.7 Å². The van der Waals surface area contributed by atoms with Gasteiger partial charge in [0.15, 0.2) is 0 Å². The molecule has 3 aromatic rings. The van der Waals surface area contributed by atoms with Crippen LogP contribution >= 0.6 is 15.9 Å². The Morgan fingerprint density at radius 2 is 1.86 bits per heavy atom. The first-order valence-electron chi connectivity index (χ1n) is 14.7. The topological polar surface area (TPSA) is 98.6 Å². The summed E-state index contributed by atoms with van der Waals surface area (Å²) < 4.78 is 29.3. The zero-order valence-electron chi connectivity index (χ0n) is 25.6. The zero-order valence-corrected chi connectivity index (χ0v) is 27.2. The van der Waals surface area contributed by atoms with Gasteiger partial charge in [-0.2, -0.15) is 0 Å². The number of aromatic nitrogens is 3.